The van der Waals surface area contributed by atoms with Gasteiger partial charge >= 0.3 is 0 Å². The molecule has 0 aliphatic carbocycles. The summed E-state index contributed by atoms with van der Waals surface area (Å²) in [5.74, 6) is 0.414. The van der Waals surface area contributed by atoms with Crippen molar-refractivity contribution in [2.24, 2.45) is 4.99 Å². The first kappa shape index (κ1) is 8.47. The minimum absolute atomic E-state index is 0.206. The number of hydrogen-bond acceptors (Lipinski definition) is 4. The standard InChI is InChI=1S/C8H7ClN2O2/c9-6-2-1-5(3-10-6)8-11-7(12)4-13-8/h1-3,7,12H,4H2. The predicted molar refractivity (Wildman–Crippen MR) is 47.7 cm³/mol. The third-order valence-corrected chi connectivity index (χ3v) is 1.83. The quantitative estimate of drug-likeness (QED) is 0.680. The van der Waals surface area contributed by atoms with Gasteiger partial charge in [0, 0.05) is 6.20 Å². The van der Waals surface area contributed by atoms with E-state index in [1.54, 1.807) is 18.3 Å². The molecule has 4 nitrogen and oxygen atoms in total. The summed E-state index contributed by atoms with van der Waals surface area (Å²) >= 11 is 5.61. The lowest BCUT2D eigenvalue weighted by Gasteiger charge is -1.99. The van der Waals surface area contributed by atoms with E-state index in [0.717, 1.165) is 5.56 Å². The molecular formula is C8H7ClN2O2. The Hall–Kier alpha value is -1.13. The zero-order valence-corrected chi connectivity index (χ0v) is 7.40. The summed E-state index contributed by atoms with van der Waals surface area (Å²) in [4.78, 5) is 7.73. The first-order chi connectivity index (χ1) is 6.25. The van der Waals surface area contributed by atoms with E-state index in [4.69, 9.17) is 21.4 Å². The van der Waals surface area contributed by atoms with Crippen LogP contribution in [0.1, 0.15) is 5.56 Å². The monoisotopic (exact) mass is 198 g/mol. The molecule has 0 amide bonds. The van der Waals surface area contributed by atoms with Crippen molar-refractivity contribution >= 4 is 17.5 Å². The number of pyridine rings is 1. The number of halogens is 1. The van der Waals surface area contributed by atoms with Crippen LogP contribution >= 0.6 is 11.6 Å². The second-order valence-corrected chi connectivity index (χ2v) is 2.98. The summed E-state index contributed by atoms with van der Waals surface area (Å²) in [5.41, 5.74) is 0.723. The Morgan fingerprint density at radius 1 is 1.54 bits per heavy atom. The zero-order chi connectivity index (χ0) is 9.26. The number of aliphatic hydroxyl groups is 1. The van der Waals surface area contributed by atoms with Gasteiger partial charge in [0.2, 0.25) is 5.90 Å². The maximum atomic E-state index is 9.06. The molecule has 13 heavy (non-hydrogen) atoms. The molecule has 0 fully saturated rings. The molecule has 0 saturated heterocycles. The van der Waals surface area contributed by atoms with Gasteiger partial charge in [-0.2, -0.15) is 0 Å². The Morgan fingerprint density at radius 2 is 2.38 bits per heavy atom. The predicted octanol–water partition coefficient (Wildman–Crippen LogP) is 0.830. The van der Waals surface area contributed by atoms with Crippen LogP contribution in [0.3, 0.4) is 0 Å². The van der Waals surface area contributed by atoms with Crippen molar-refractivity contribution in [1.82, 2.24) is 4.98 Å². The lowest BCUT2D eigenvalue weighted by molar-refractivity contribution is 0.139. The van der Waals surface area contributed by atoms with E-state index in [1.165, 1.54) is 0 Å². The molecule has 5 heteroatoms. The molecule has 0 spiro atoms. The molecule has 1 aromatic rings. The Morgan fingerprint density at radius 3 is 2.92 bits per heavy atom. The summed E-state index contributed by atoms with van der Waals surface area (Å²) in [6.45, 7) is 0.206. The normalized spacial score (nSPS) is 21.1. The van der Waals surface area contributed by atoms with Crippen LogP contribution in [-0.2, 0) is 4.74 Å². The second kappa shape index (κ2) is 3.32. The molecule has 0 bridgehead atoms. The molecule has 2 heterocycles. The molecule has 1 aliphatic rings. The van der Waals surface area contributed by atoms with Crippen LogP contribution in [0, 0.1) is 0 Å². The molecule has 1 unspecified atom stereocenters. The Labute approximate surface area is 79.8 Å². The molecule has 1 aliphatic heterocycles. The number of nitrogens with zero attached hydrogens (tertiary/aromatic N) is 2. The van der Waals surface area contributed by atoms with Crippen LogP contribution in [0.5, 0.6) is 0 Å². The Bertz CT molecular complexity index is 337. The summed E-state index contributed by atoms with van der Waals surface area (Å²) in [6.07, 6.45) is 0.796. The third kappa shape index (κ3) is 1.79. The second-order valence-electron chi connectivity index (χ2n) is 2.60. The van der Waals surface area contributed by atoms with Gasteiger partial charge < -0.3 is 9.84 Å². The van der Waals surface area contributed by atoms with Gasteiger partial charge in [-0.15, -0.1) is 0 Å². The van der Waals surface area contributed by atoms with Crippen molar-refractivity contribution < 1.29 is 9.84 Å². The fourth-order valence-corrected chi connectivity index (χ4v) is 1.14. The number of hydrogen-bond donors (Lipinski definition) is 1. The highest BCUT2D eigenvalue weighted by Gasteiger charge is 2.17. The van der Waals surface area contributed by atoms with Crippen molar-refractivity contribution in [3.05, 3.63) is 29.0 Å². The molecule has 68 valence electrons. The number of aliphatic hydroxyl groups excluding tert-OH is 1. The fraction of sp³-hybridized carbons (Fsp3) is 0.250. The van der Waals surface area contributed by atoms with E-state index in [9.17, 15) is 0 Å². The molecular weight excluding hydrogens is 192 g/mol. The van der Waals surface area contributed by atoms with Crippen LogP contribution in [-0.4, -0.2) is 28.8 Å². The average molecular weight is 199 g/mol. The maximum absolute atomic E-state index is 9.06. The van der Waals surface area contributed by atoms with Crippen molar-refractivity contribution in [2.75, 3.05) is 6.61 Å². The van der Waals surface area contributed by atoms with Gasteiger partial charge in [-0.25, -0.2) is 9.98 Å². The van der Waals surface area contributed by atoms with Crippen molar-refractivity contribution in [1.29, 1.82) is 0 Å². The lowest BCUT2D eigenvalue weighted by atomic mass is 10.3. The van der Waals surface area contributed by atoms with Crippen LogP contribution < -0.4 is 0 Å². The Kier molecular flexibility index (Phi) is 2.16. The van der Waals surface area contributed by atoms with Crippen LogP contribution in [0.25, 0.3) is 0 Å². The highest BCUT2D eigenvalue weighted by molar-refractivity contribution is 6.29. The van der Waals surface area contributed by atoms with Gasteiger partial charge in [-0.3, -0.25) is 0 Å². The number of rotatable bonds is 1. The maximum Gasteiger partial charge on any atom is 0.220 e. The van der Waals surface area contributed by atoms with E-state index >= 15 is 0 Å². The topological polar surface area (TPSA) is 54.7 Å². The zero-order valence-electron chi connectivity index (χ0n) is 6.64. The van der Waals surface area contributed by atoms with Gasteiger partial charge in [-0.05, 0) is 12.1 Å². The summed E-state index contributed by atoms with van der Waals surface area (Å²) < 4.78 is 5.11. The third-order valence-electron chi connectivity index (χ3n) is 1.61. The number of aliphatic imine (C=N–C) groups is 1. The van der Waals surface area contributed by atoms with Gasteiger partial charge in [0.1, 0.15) is 11.8 Å². The minimum Gasteiger partial charge on any atom is -0.473 e. The molecule has 1 N–H and O–H groups in total. The SMILES string of the molecule is OC1COC(c2ccc(Cl)nc2)=N1. The number of ether oxygens (including phenoxy) is 1. The number of aromatic nitrogens is 1. The van der Waals surface area contributed by atoms with E-state index in [1.807, 2.05) is 0 Å². The van der Waals surface area contributed by atoms with E-state index in [2.05, 4.69) is 9.98 Å². The van der Waals surface area contributed by atoms with E-state index < -0.39 is 6.23 Å². The molecule has 1 aromatic heterocycles. The van der Waals surface area contributed by atoms with Gasteiger partial charge in [0.15, 0.2) is 6.23 Å². The van der Waals surface area contributed by atoms with Crippen LogP contribution in [0.15, 0.2) is 23.3 Å². The average Bonchev–Trinajstić information content (AvgIpc) is 2.53. The largest absolute Gasteiger partial charge is 0.473 e. The molecule has 0 radical (unpaired) electrons. The summed E-state index contributed by atoms with van der Waals surface area (Å²) in [7, 11) is 0. The molecule has 0 saturated carbocycles. The van der Waals surface area contributed by atoms with Crippen molar-refractivity contribution in [2.45, 2.75) is 6.23 Å². The molecule has 2 rings (SSSR count). The summed E-state index contributed by atoms with van der Waals surface area (Å²) in [6, 6.07) is 3.39. The fourth-order valence-electron chi connectivity index (χ4n) is 1.02. The van der Waals surface area contributed by atoms with Gasteiger partial charge in [-0.1, -0.05) is 11.6 Å². The van der Waals surface area contributed by atoms with Gasteiger partial charge in [0.05, 0.1) is 5.56 Å². The molecule has 0 aromatic carbocycles. The highest BCUT2D eigenvalue weighted by Crippen LogP contribution is 2.11. The van der Waals surface area contributed by atoms with E-state index in [0.29, 0.717) is 11.1 Å². The van der Waals surface area contributed by atoms with Crippen LogP contribution in [0.2, 0.25) is 5.15 Å². The lowest BCUT2D eigenvalue weighted by Crippen LogP contribution is -2.03. The summed E-state index contributed by atoms with van der Waals surface area (Å²) in [5, 5.41) is 9.48. The molecule has 1 atom stereocenters. The highest BCUT2D eigenvalue weighted by atomic mass is 35.5. The van der Waals surface area contributed by atoms with E-state index in [-0.39, 0.29) is 6.61 Å². The smallest absolute Gasteiger partial charge is 0.220 e. The first-order valence-electron chi connectivity index (χ1n) is 3.76. The minimum atomic E-state index is -0.759. The first-order valence-corrected chi connectivity index (χ1v) is 4.14. The van der Waals surface area contributed by atoms with Crippen molar-refractivity contribution in [3.63, 3.8) is 0 Å². The van der Waals surface area contributed by atoms with Gasteiger partial charge in [0.25, 0.3) is 0 Å². The van der Waals surface area contributed by atoms with Crippen LogP contribution in [0.4, 0.5) is 0 Å². The van der Waals surface area contributed by atoms with Crippen molar-refractivity contribution in [3.8, 4) is 0 Å². The Balaban J connectivity index is 2.26.